The first-order valence-electron chi connectivity index (χ1n) is 9.30. The number of anilines is 1. The number of benzene rings is 2. The third kappa shape index (κ3) is 6.39. The molecule has 7 nitrogen and oxygen atoms in total. The van der Waals surface area contributed by atoms with Crippen molar-refractivity contribution in [3.63, 3.8) is 0 Å². The van der Waals surface area contributed by atoms with E-state index < -0.39 is 16.1 Å². The Morgan fingerprint density at radius 1 is 1.00 bits per heavy atom. The largest absolute Gasteiger partial charge is 0.497 e. The van der Waals surface area contributed by atoms with Gasteiger partial charge in [-0.3, -0.25) is 9.10 Å². The molecule has 2 aromatic rings. The Morgan fingerprint density at radius 3 is 2.00 bits per heavy atom. The Hall–Kier alpha value is -2.74. The number of nitrogens with one attached hydrogen (secondary N) is 1. The van der Waals surface area contributed by atoms with Crippen LogP contribution in [0.15, 0.2) is 48.5 Å². The standard InChI is InChI=1S/C21H28N2O5S/c1-16(23(29(4,25)26)18-9-13-20(28-3)14-10-18)21(24)22-15-5-6-17-7-11-19(27-2)12-8-17/h7-14,16H,5-6,15H2,1-4H3,(H,22,24)/t16-/m1/s1. The van der Waals surface area contributed by atoms with Gasteiger partial charge in [0.05, 0.1) is 26.2 Å². The van der Waals surface area contributed by atoms with Gasteiger partial charge in [0.2, 0.25) is 15.9 Å². The van der Waals surface area contributed by atoms with Gasteiger partial charge in [-0.2, -0.15) is 0 Å². The molecule has 0 saturated heterocycles. The first kappa shape index (κ1) is 22.5. The fourth-order valence-electron chi connectivity index (χ4n) is 2.98. The highest BCUT2D eigenvalue weighted by Crippen LogP contribution is 2.23. The number of aryl methyl sites for hydroxylation is 1. The molecule has 0 heterocycles. The van der Waals surface area contributed by atoms with Gasteiger partial charge in [-0.15, -0.1) is 0 Å². The Kier molecular flexibility index (Phi) is 7.90. The van der Waals surface area contributed by atoms with E-state index in [0.29, 0.717) is 18.0 Å². The second-order valence-corrected chi connectivity index (χ2v) is 8.53. The number of rotatable bonds is 10. The van der Waals surface area contributed by atoms with Gasteiger partial charge in [0, 0.05) is 6.54 Å². The minimum atomic E-state index is -3.64. The van der Waals surface area contributed by atoms with Crippen LogP contribution in [0.5, 0.6) is 11.5 Å². The lowest BCUT2D eigenvalue weighted by Gasteiger charge is -2.28. The fourth-order valence-corrected chi connectivity index (χ4v) is 4.16. The number of amides is 1. The maximum Gasteiger partial charge on any atom is 0.243 e. The number of nitrogens with zero attached hydrogens (tertiary/aromatic N) is 1. The monoisotopic (exact) mass is 420 g/mol. The van der Waals surface area contributed by atoms with Crippen LogP contribution in [0.2, 0.25) is 0 Å². The zero-order valence-electron chi connectivity index (χ0n) is 17.2. The van der Waals surface area contributed by atoms with E-state index in [-0.39, 0.29) is 5.91 Å². The van der Waals surface area contributed by atoms with Crippen LogP contribution in [0.3, 0.4) is 0 Å². The Labute approximate surface area is 172 Å². The van der Waals surface area contributed by atoms with Crippen molar-refractivity contribution in [3.05, 3.63) is 54.1 Å². The topological polar surface area (TPSA) is 84.9 Å². The zero-order chi connectivity index (χ0) is 21.4. The van der Waals surface area contributed by atoms with E-state index in [9.17, 15) is 13.2 Å². The summed E-state index contributed by atoms with van der Waals surface area (Å²) in [6.45, 7) is 2.03. The molecule has 0 saturated carbocycles. The van der Waals surface area contributed by atoms with Gasteiger partial charge >= 0.3 is 0 Å². The molecule has 1 N–H and O–H groups in total. The molecule has 0 unspecified atom stereocenters. The van der Waals surface area contributed by atoms with Crippen molar-refractivity contribution in [2.75, 3.05) is 31.3 Å². The Balaban J connectivity index is 1.95. The van der Waals surface area contributed by atoms with E-state index in [2.05, 4.69) is 5.32 Å². The van der Waals surface area contributed by atoms with Gasteiger partial charge < -0.3 is 14.8 Å². The molecule has 158 valence electrons. The second kappa shape index (κ2) is 10.2. The second-order valence-electron chi connectivity index (χ2n) is 6.68. The summed E-state index contributed by atoms with van der Waals surface area (Å²) in [5, 5.41) is 2.83. The molecule has 8 heteroatoms. The number of carbonyl (C=O) groups excluding carboxylic acids is 1. The predicted octanol–water partition coefficient (Wildman–Crippen LogP) is 2.61. The van der Waals surface area contributed by atoms with Gasteiger partial charge in [-0.25, -0.2) is 8.42 Å². The lowest BCUT2D eigenvalue weighted by molar-refractivity contribution is -0.121. The summed E-state index contributed by atoms with van der Waals surface area (Å²) in [6.07, 6.45) is 2.63. The summed E-state index contributed by atoms with van der Waals surface area (Å²) in [6, 6.07) is 13.4. The number of hydrogen-bond donors (Lipinski definition) is 1. The molecule has 0 radical (unpaired) electrons. The number of methoxy groups -OCH3 is 2. The molecule has 0 bridgehead atoms. The number of hydrogen-bond acceptors (Lipinski definition) is 5. The lowest BCUT2D eigenvalue weighted by atomic mass is 10.1. The number of carbonyl (C=O) groups is 1. The van der Waals surface area contributed by atoms with Crippen molar-refractivity contribution < 1.29 is 22.7 Å². The van der Waals surface area contributed by atoms with E-state index in [4.69, 9.17) is 9.47 Å². The van der Waals surface area contributed by atoms with Crippen LogP contribution in [0.25, 0.3) is 0 Å². The van der Waals surface area contributed by atoms with Crippen molar-refractivity contribution in [2.45, 2.75) is 25.8 Å². The summed E-state index contributed by atoms with van der Waals surface area (Å²) in [5.41, 5.74) is 1.55. The molecule has 0 aliphatic rings. The molecule has 29 heavy (non-hydrogen) atoms. The smallest absolute Gasteiger partial charge is 0.243 e. The van der Waals surface area contributed by atoms with Crippen LogP contribution >= 0.6 is 0 Å². The average Bonchev–Trinajstić information content (AvgIpc) is 2.71. The van der Waals surface area contributed by atoms with Crippen LogP contribution in [0, 0.1) is 0 Å². The fraction of sp³-hybridized carbons (Fsp3) is 0.381. The average molecular weight is 421 g/mol. The van der Waals surface area contributed by atoms with E-state index in [1.807, 2.05) is 24.3 Å². The maximum absolute atomic E-state index is 12.6. The summed E-state index contributed by atoms with van der Waals surface area (Å²) >= 11 is 0. The molecule has 0 fully saturated rings. The van der Waals surface area contributed by atoms with Gasteiger partial charge in [-0.05, 0) is 61.7 Å². The van der Waals surface area contributed by atoms with Crippen molar-refractivity contribution in [3.8, 4) is 11.5 Å². The molecular weight excluding hydrogens is 392 g/mol. The van der Waals surface area contributed by atoms with E-state index in [1.165, 1.54) is 7.11 Å². The first-order valence-corrected chi connectivity index (χ1v) is 11.1. The van der Waals surface area contributed by atoms with Crippen molar-refractivity contribution >= 4 is 21.6 Å². The minimum absolute atomic E-state index is 0.346. The maximum atomic E-state index is 12.6. The van der Waals surface area contributed by atoms with Gasteiger partial charge in [0.15, 0.2) is 0 Å². The number of sulfonamides is 1. The van der Waals surface area contributed by atoms with Gasteiger partial charge in [-0.1, -0.05) is 12.1 Å². The van der Waals surface area contributed by atoms with E-state index >= 15 is 0 Å². The van der Waals surface area contributed by atoms with Crippen molar-refractivity contribution in [1.29, 1.82) is 0 Å². The summed E-state index contributed by atoms with van der Waals surface area (Å²) < 4.78 is 36.0. The molecule has 0 aliphatic carbocycles. The molecule has 1 atom stereocenters. The van der Waals surface area contributed by atoms with E-state index in [1.54, 1.807) is 38.3 Å². The first-order chi connectivity index (χ1) is 13.8. The van der Waals surface area contributed by atoms with Crippen molar-refractivity contribution in [1.82, 2.24) is 5.32 Å². The summed E-state index contributed by atoms with van der Waals surface area (Å²) in [5.74, 6) is 1.06. The van der Waals surface area contributed by atoms with Crippen LogP contribution in [0.4, 0.5) is 5.69 Å². The molecule has 2 aromatic carbocycles. The van der Waals surface area contributed by atoms with Crippen LogP contribution in [0.1, 0.15) is 18.9 Å². The SMILES string of the molecule is COc1ccc(CCCNC(=O)[C@@H](C)N(c2ccc(OC)cc2)S(C)(=O)=O)cc1. The van der Waals surface area contributed by atoms with Crippen LogP contribution < -0.4 is 19.1 Å². The third-order valence-electron chi connectivity index (χ3n) is 4.52. The van der Waals surface area contributed by atoms with Gasteiger partial charge in [0.25, 0.3) is 0 Å². The number of ether oxygens (including phenoxy) is 2. The highest BCUT2D eigenvalue weighted by molar-refractivity contribution is 7.92. The third-order valence-corrected chi connectivity index (χ3v) is 5.76. The quantitative estimate of drug-likeness (QED) is 0.597. The van der Waals surface area contributed by atoms with Crippen LogP contribution in [-0.4, -0.2) is 47.4 Å². The Bertz CT molecular complexity index is 896. The van der Waals surface area contributed by atoms with Crippen LogP contribution in [-0.2, 0) is 21.2 Å². The molecule has 0 spiro atoms. The molecular formula is C21H28N2O5S. The highest BCUT2D eigenvalue weighted by Gasteiger charge is 2.28. The van der Waals surface area contributed by atoms with Gasteiger partial charge in [0.1, 0.15) is 17.5 Å². The highest BCUT2D eigenvalue weighted by atomic mass is 32.2. The Morgan fingerprint density at radius 2 is 1.52 bits per heavy atom. The summed E-state index contributed by atoms with van der Waals surface area (Å²) in [7, 11) is -0.487. The minimum Gasteiger partial charge on any atom is -0.497 e. The normalized spacial score (nSPS) is 12.1. The lowest BCUT2D eigenvalue weighted by Crippen LogP contribution is -2.48. The predicted molar refractivity (Wildman–Crippen MR) is 114 cm³/mol. The molecule has 0 aromatic heterocycles. The summed E-state index contributed by atoms with van der Waals surface area (Å²) in [4.78, 5) is 12.6. The van der Waals surface area contributed by atoms with E-state index in [0.717, 1.165) is 34.7 Å². The zero-order valence-corrected chi connectivity index (χ0v) is 18.0. The molecule has 2 rings (SSSR count). The molecule has 1 amide bonds. The van der Waals surface area contributed by atoms with Crippen molar-refractivity contribution in [2.24, 2.45) is 0 Å². The molecule has 0 aliphatic heterocycles.